The van der Waals surface area contributed by atoms with Crippen LogP contribution in [-0.2, 0) is 38.7 Å². The number of hydrogen-bond donors (Lipinski definition) is 0. The summed E-state index contributed by atoms with van der Waals surface area (Å²) in [5, 5.41) is 0. The van der Waals surface area contributed by atoms with Crippen molar-refractivity contribution in [2.24, 2.45) is 0 Å². The first-order valence-corrected chi connectivity index (χ1v) is 8.90. The van der Waals surface area contributed by atoms with Crippen LogP contribution in [0.3, 0.4) is 0 Å². The number of rotatable bonds is 12. The summed E-state index contributed by atoms with van der Waals surface area (Å²) in [6.07, 6.45) is 4.19. The van der Waals surface area contributed by atoms with Gasteiger partial charge < -0.3 is 9.47 Å². The van der Waals surface area contributed by atoms with Crippen LogP contribution < -0.4 is 17.1 Å². The van der Waals surface area contributed by atoms with Gasteiger partial charge >= 0.3 is 29.0 Å². The minimum absolute atomic E-state index is 0.144. The van der Waals surface area contributed by atoms with E-state index in [1.54, 1.807) is 0 Å². The van der Waals surface area contributed by atoms with Gasteiger partial charge in [-0.15, -0.1) is 0 Å². The number of esters is 2. The van der Waals surface area contributed by atoms with Crippen LogP contribution in [0.25, 0.3) is 0 Å². The maximum absolute atomic E-state index is 12.6. The molecule has 1 heterocycles. The van der Waals surface area contributed by atoms with Crippen molar-refractivity contribution in [2.75, 3.05) is 13.2 Å². The van der Waals surface area contributed by atoms with E-state index in [1.165, 1.54) is 0 Å². The molecule has 0 unspecified atom stereocenters. The zero-order valence-corrected chi connectivity index (χ0v) is 15.9. The maximum Gasteiger partial charge on any atom is 0.336 e. The molecular formula is C18H25N3O7. The molecule has 10 heteroatoms. The third kappa shape index (κ3) is 6.22. The van der Waals surface area contributed by atoms with E-state index in [0.717, 1.165) is 38.7 Å². The summed E-state index contributed by atoms with van der Waals surface area (Å²) in [4.78, 5) is 60.0. The van der Waals surface area contributed by atoms with E-state index in [0.29, 0.717) is 6.42 Å². The summed E-state index contributed by atoms with van der Waals surface area (Å²) in [6, 6.07) is 0. The third-order valence-corrected chi connectivity index (χ3v) is 3.82. The van der Waals surface area contributed by atoms with Crippen LogP contribution in [0.4, 0.5) is 0 Å². The van der Waals surface area contributed by atoms with E-state index >= 15 is 0 Å². The number of ether oxygens (including phenoxy) is 2. The highest BCUT2D eigenvalue weighted by atomic mass is 16.5. The van der Waals surface area contributed by atoms with Gasteiger partial charge in [-0.1, -0.05) is 32.9 Å². The van der Waals surface area contributed by atoms with Crippen LogP contribution in [0, 0.1) is 0 Å². The van der Waals surface area contributed by atoms with Gasteiger partial charge in [0.05, 0.1) is 13.1 Å². The summed E-state index contributed by atoms with van der Waals surface area (Å²) in [5.74, 6) is -1.39. The predicted octanol–water partition coefficient (Wildman–Crippen LogP) is -0.180. The number of aromatic nitrogens is 3. The van der Waals surface area contributed by atoms with Crippen LogP contribution in [0.5, 0.6) is 0 Å². The van der Waals surface area contributed by atoms with Crippen molar-refractivity contribution in [1.29, 1.82) is 0 Å². The SMILES string of the molecule is C=CC(=O)OCCn1c(=O)n(CCCCC)c(=O)n(CCOC(=O)C=C)c1=O. The predicted molar refractivity (Wildman–Crippen MR) is 101 cm³/mol. The minimum atomic E-state index is -0.869. The fourth-order valence-corrected chi connectivity index (χ4v) is 2.37. The first-order chi connectivity index (χ1) is 13.4. The van der Waals surface area contributed by atoms with Gasteiger partial charge in [0.2, 0.25) is 0 Å². The van der Waals surface area contributed by atoms with Crippen molar-refractivity contribution in [2.45, 2.75) is 45.8 Å². The van der Waals surface area contributed by atoms with Crippen LogP contribution >= 0.6 is 0 Å². The number of hydrogen-bond acceptors (Lipinski definition) is 7. The Balaban J connectivity index is 3.22. The first-order valence-electron chi connectivity index (χ1n) is 8.90. The molecule has 0 amide bonds. The van der Waals surface area contributed by atoms with Gasteiger partial charge in [0.1, 0.15) is 13.2 Å². The highest BCUT2D eigenvalue weighted by molar-refractivity contribution is 5.81. The summed E-state index contributed by atoms with van der Waals surface area (Å²) in [6.45, 7) is 7.71. The lowest BCUT2D eigenvalue weighted by molar-refractivity contribution is -0.138. The lowest BCUT2D eigenvalue weighted by Gasteiger charge is -2.14. The molecule has 10 nitrogen and oxygen atoms in total. The number of unbranched alkanes of at least 4 members (excludes halogenated alkanes) is 2. The monoisotopic (exact) mass is 395 g/mol. The minimum Gasteiger partial charge on any atom is -0.461 e. The second-order valence-corrected chi connectivity index (χ2v) is 5.75. The molecule has 0 aliphatic rings. The lowest BCUT2D eigenvalue weighted by atomic mass is 10.2. The van der Waals surface area contributed by atoms with Gasteiger partial charge in [0.15, 0.2) is 0 Å². The Morgan fingerprint density at radius 1 is 0.786 bits per heavy atom. The van der Waals surface area contributed by atoms with Gasteiger partial charge in [0.25, 0.3) is 0 Å². The molecule has 0 saturated carbocycles. The molecule has 0 atom stereocenters. The molecule has 28 heavy (non-hydrogen) atoms. The average molecular weight is 395 g/mol. The average Bonchev–Trinajstić information content (AvgIpc) is 2.69. The Labute approximate surface area is 161 Å². The largest absolute Gasteiger partial charge is 0.461 e. The second kappa shape index (κ2) is 11.5. The molecule has 0 spiro atoms. The number of nitrogens with zero attached hydrogens (tertiary/aromatic N) is 3. The molecule has 0 aliphatic heterocycles. The van der Waals surface area contributed by atoms with Gasteiger partial charge in [-0.3, -0.25) is 0 Å². The molecule has 0 saturated heterocycles. The van der Waals surface area contributed by atoms with E-state index in [4.69, 9.17) is 9.47 Å². The number of carbonyl (C=O) groups excluding carboxylic acids is 2. The summed E-state index contributed by atoms with van der Waals surface area (Å²) in [7, 11) is 0. The first kappa shape index (κ1) is 22.9. The van der Waals surface area contributed by atoms with Crippen molar-refractivity contribution in [3.8, 4) is 0 Å². The quantitative estimate of drug-likeness (QED) is 0.274. The van der Waals surface area contributed by atoms with Crippen LogP contribution in [0.2, 0.25) is 0 Å². The standard InChI is InChI=1S/C18H25N3O7/c1-4-7-8-9-19-16(24)20(10-12-27-14(22)5-2)18(26)21(17(19)25)11-13-28-15(23)6-3/h5-6H,2-4,7-13H2,1H3. The van der Waals surface area contributed by atoms with Gasteiger partial charge in [-0.05, 0) is 6.42 Å². The van der Waals surface area contributed by atoms with E-state index < -0.39 is 29.0 Å². The highest BCUT2D eigenvalue weighted by Gasteiger charge is 2.16. The Morgan fingerprint density at radius 2 is 1.18 bits per heavy atom. The molecule has 0 fully saturated rings. The molecule has 0 aliphatic carbocycles. The molecule has 0 N–H and O–H groups in total. The van der Waals surface area contributed by atoms with Crippen molar-refractivity contribution in [1.82, 2.24) is 13.7 Å². The van der Waals surface area contributed by atoms with Crippen LogP contribution in [-0.4, -0.2) is 38.9 Å². The van der Waals surface area contributed by atoms with Crippen molar-refractivity contribution in [3.63, 3.8) is 0 Å². The Morgan fingerprint density at radius 3 is 1.54 bits per heavy atom. The van der Waals surface area contributed by atoms with Crippen molar-refractivity contribution >= 4 is 11.9 Å². The molecule has 1 rings (SSSR count). The molecular weight excluding hydrogens is 370 g/mol. The van der Waals surface area contributed by atoms with E-state index in [-0.39, 0.29) is 32.8 Å². The summed E-state index contributed by atoms with van der Waals surface area (Å²) >= 11 is 0. The smallest absolute Gasteiger partial charge is 0.336 e. The molecule has 0 radical (unpaired) electrons. The zero-order chi connectivity index (χ0) is 21.1. The Bertz CT molecular complexity index is 828. The second-order valence-electron chi connectivity index (χ2n) is 5.75. The maximum atomic E-state index is 12.6. The van der Waals surface area contributed by atoms with Crippen LogP contribution in [0.15, 0.2) is 39.7 Å². The van der Waals surface area contributed by atoms with Crippen molar-refractivity contribution in [3.05, 3.63) is 56.8 Å². The Kier molecular flexibility index (Phi) is 9.41. The van der Waals surface area contributed by atoms with Gasteiger partial charge in [0, 0.05) is 18.7 Å². The molecule has 154 valence electrons. The zero-order valence-electron chi connectivity index (χ0n) is 15.9. The van der Waals surface area contributed by atoms with Gasteiger partial charge in [-0.25, -0.2) is 37.7 Å². The topological polar surface area (TPSA) is 119 Å². The molecule has 0 bridgehead atoms. The summed E-state index contributed by atoms with van der Waals surface area (Å²) < 4.78 is 12.2. The molecule has 0 aromatic carbocycles. The molecule has 1 aromatic rings. The fraction of sp³-hybridized carbons (Fsp3) is 0.500. The fourth-order valence-electron chi connectivity index (χ4n) is 2.37. The van der Waals surface area contributed by atoms with E-state index in [1.807, 2.05) is 6.92 Å². The normalized spacial score (nSPS) is 10.3. The highest BCUT2D eigenvalue weighted by Crippen LogP contribution is 1.94. The van der Waals surface area contributed by atoms with E-state index in [9.17, 15) is 24.0 Å². The lowest BCUT2D eigenvalue weighted by Crippen LogP contribution is -2.55. The van der Waals surface area contributed by atoms with Gasteiger partial charge in [-0.2, -0.15) is 0 Å². The molecule has 1 aromatic heterocycles. The third-order valence-electron chi connectivity index (χ3n) is 3.82. The Hall–Kier alpha value is -3.17. The van der Waals surface area contributed by atoms with Crippen LogP contribution in [0.1, 0.15) is 26.2 Å². The summed E-state index contributed by atoms with van der Waals surface area (Å²) in [5.41, 5.74) is -2.42. The number of carbonyl (C=O) groups is 2. The van der Waals surface area contributed by atoms with E-state index in [2.05, 4.69) is 13.2 Å². The van der Waals surface area contributed by atoms with Crippen molar-refractivity contribution < 1.29 is 19.1 Å².